The highest BCUT2D eigenvalue weighted by atomic mass is 16.3. The van der Waals surface area contributed by atoms with Crippen LogP contribution in [0, 0.1) is 6.92 Å². The Morgan fingerprint density at radius 2 is 1.91 bits per heavy atom. The van der Waals surface area contributed by atoms with Gasteiger partial charge in [0.2, 0.25) is 5.95 Å². The Labute approximate surface area is 189 Å². The van der Waals surface area contributed by atoms with Gasteiger partial charge in [0, 0.05) is 31.4 Å². The Hall–Kier alpha value is -2.77. The summed E-state index contributed by atoms with van der Waals surface area (Å²) in [5, 5.41) is 14.4. The molecule has 4 heterocycles. The molecule has 0 saturated carbocycles. The second-order valence-electron chi connectivity index (χ2n) is 8.88. The average molecular weight is 433 g/mol. The van der Waals surface area contributed by atoms with Gasteiger partial charge in [0.05, 0.1) is 36.8 Å². The van der Waals surface area contributed by atoms with Crippen LogP contribution in [-0.4, -0.2) is 56.0 Å². The van der Waals surface area contributed by atoms with Crippen LogP contribution in [0.25, 0.3) is 11.3 Å². The van der Waals surface area contributed by atoms with Crippen LogP contribution in [0.1, 0.15) is 48.5 Å². The molecule has 1 N–H and O–H groups in total. The molecule has 1 atom stereocenters. The smallest absolute Gasteiger partial charge is 0.225 e. The van der Waals surface area contributed by atoms with Gasteiger partial charge in [0.15, 0.2) is 0 Å². The van der Waals surface area contributed by atoms with E-state index in [0.29, 0.717) is 6.54 Å². The SMILES string of the molecule is Cc1ccccc1CN1CCCC1c1c(-c2ccnc(N3CCCC3)n2)cnn1CCO. The largest absolute Gasteiger partial charge is 0.394 e. The zero-order chi connectivity index (χ0) is 21.9. The summed E-state index contributed by atoms with van der Waals surface area (Å²) in [4.78, 5) is 14.3. The van der Waals surface area contributed by atoms with Crippen molar-refractivity contribution >= 4 is 5.95 Å². The van der Waals surface area contributed by atoms with Crippen molar-refractivity contribution < 1.29 is 5.11 Å². The van der Waals surface area contributed by atoms with E-state index in [0.717, 1.165) is 61.9 Å². The Kier molecular flexibility index (Phi) is 6.19. The van der Waals surface area contributed by atoms with Crippen LogP contribution in [0.5, 0.6) is 0 Å². The minimum atomic E-state index is 0.0709. The topological polar surface area (TPSA) is 70.3 Å². The molecule has 3 aromatic rings. The number of aryl methyl sites for hydroxylation is 1. The molecule has 2 saturated heterocycles. The minimum absolute atomic E-state index is 0.0709. The number of nitrogens with zero attached hydrogens (tertiary/aromatic N) is 6. The molecule has 32 heavy (non-hydrogen) atoms. The third-order valence-electron chi connectivity index (χ3n) is 6.81. The van der Waals surface area contributed by atoms with Crippen molar-refractivity contribution in [3.63, 3.8) is 0 Å². The van der Waals surface area contributed by atoms with Gasteiger partial charge < -0.3 is 10.0 Å². The zero-order valence-electron chi connectivity index (χ0n) is 18.8. The van der Waals surface area contributed by atoms with E-state index in [1.165, 1.54) is 24.0 Å². The number of aliphatic hydroxyl groups excluding tert-OH is 1. The second kappa shape index (κ2) is 9.38. The van der Waals surface area contributed by atoms with Crippen molar-refractivity contribution in [2.75, 3.05) is 31.1 Å². The predicted molar refractivity (Wildman–Crippen MR) is 125 cm³/mol. The summed E-state index contributed by atoms with van der Waals surface area (Å²) in [6, 6.07) is 10.9. The molecule has 1 unspecified atom stereocenters. The van der Waals surface area contributed by atoms with Crippen LogP contribution in [-0.2, 0) is 13.1 Å². The van der Waals surface area contributed by atoms with Crippen molar-refractivity contribution in [1.82, 2.24) is 24.6 Å². The van der Waals surface area contributed by atoms with Gasteiger partial charge in [-0.3, -0.25) is 9.58 Å². The summed E-state index contributed by atoms with van der Waals surface area (Å²) in [5.41, 5.74) is 5.84. The van der Waals surface area contributed by atoms with Crippen LogP contribution in [0.3, 0.4) is 0 Å². The van der Waals surface area contributed by atoms with Crippen molar-refractivity contribution in [2.24, 2.45) is 0 Å². The first kappa shape index (κ1) is 21.1. The lowest BCUT2D eigenvalue weighted by Crippen LogP contribution is -2.26. The minimum Gasteiger partial charge on any atom is -0.394 e. The number of benzene rings is 1. The Bertz CT molecular complexity index is 1060. The number of rotatable bonds is 7. The summed E-state index contributed by atoms with van der Waals surface area (Å²) < 4.78 is 1.98. The molecule has 0 aliphatic carbocycles. The fourth-order valence-corrected chi connectivity index (χ4v) is 5.12. The van der Waals surface area contributed by atoms with Crippen molar-refractivity contribution in [1.29, 1.82) is 0 Å². The van der Waals surface area contributed by atoms with Gasteiger partial charge in [-0.1, -0.05) is 24.3 Å². The summed E-state index contributed by atoms with van der Waals surface area (Å²) in [6.45, 7) is 6.77. The molecule has 1 aromatic carbocycles. The van der Waals surface area contributed by atoms with E-state index in [1.54, 1.807) is 0 Å². The highest BCUT2D eigenvalue weighted by Crippen LogP contribution is 2.38. The van der Waals surface area contributed by atoms with Gasteiger partial charge in [0.1, 0.15) is 0 Å². The summed E-state index contributed by atoms with van der Waals surface area (Å²) in [7, 11) is 0. The third-order valence-corrected chi connectivity index (χ3v) is 6.81. The average Bonchev–Trinajstić information content (AvgIpc) is 3.57. The van der Waals surface area contributed by atoms with Gasteiger partial charge in [-0.2, -0.15) is 5.10 Å². The first-order valence-corrected chi connectivity index (χ1v) is 11.8. The van der Waals surface area contributed by atoms with Crippen LogP contribution in [0.2, 0.25) is 0 Å². The highest BCUT2D eigenvalue weighted by Gasteiger charge is 2.32. The first-order valence-electron chi connectivity index (χ1n) is 11.8. The molecule has 7 heteroatoms. The number of likely N-dealkylation sites (tertiary alicyclic amines) is 1. The van der Waals surface area contributed by atoms with Crippen LogP contribution in [0.15, 0.2) is 42.7 Å². The molecule has 2 aliphatic rings. The molecule has 2 aliphatic heterocycles. The van der Waals surface area contributed by atoms with Gasteiger partial charge in [0.25, 0.3) is 0 Å². The Balaban J connectivity index is 1.50. The van der Waals surface area contributed by atoms with Crippen molar-refractivity contribution in [3.05, 3.63) is 59.5 Å². The van der Waals surface area contributed by atoms with E-state index in [-0.39, 0.29) is 12.6 Å². The van der Waals surface area contributed by atoms with E-state index in [1.807, 2.05) is 23.1 Å². The number of anilines is 1. The molecule has 168 valence electrons. The Morgan fingerprint density at radius 3 is 2.72 bits per heavy atom. The molecular formula is C25H32N6O. The van der Waals surface area contributed by atoms with Gasteiger partial charge >= 0.3 is 0 Å². The van der Waals surface area contributed by atoms with Gasteiger partial charge in [-0.05, 0) is 56.3 Å². The van der Waals surface area contributed by atoms with E-state index < -0.39 is 0 Å². The predicted octanol–water partition coefficient (Wildman–Crippen LogP) is 3.58. The van der Waals surface area contributed by atoms with Crippen LogP contribution >= 0.6 is 0 Å². The van der Waals surface area contributed by atoms with Gasteiger partial charge in [-0.15, -0.1) is 0 Å². The maximum Gasteiger partial charge on any atom is 0.225 e. The lowest BCUT2D eigenvalue weighted by atomic mass is 10.0. The molecule has 0 bridgehead atoms. The summed E-state index contributed by atoms with van der Waals surface area (Å²) in [6.07, 6.45) is 8.42. The zero-order valence-corrected chi connectivity index (χ0v) is 18.8. The molecule has 0 spiro atoms. The maximum absolute atomic E-state index is 9.69. The van der Waals surface area contributed by atoms with E-state index in [2.05, 4.69) is 51.1 Å². The van der Waals surface area contributed by atoms with E-state index in [4.69, 9.17) is 4.98 Å². The molecule has 0 radical (unpaired) electrons. The normalized spacial score (nSPS) is 19.2. The number of aromatic nitrogens is 4. The molecular weight excluding hydrogens is 400 g/mol. The summed E-state index contributed by atoms with van der Waals surface area (Å²) in [5.74, 6) is 0.809. The molecule has 2 fully saturated rings. The van der Waals surface area contributed by atoms with Crippen molar-refractivity contribution in [3.8, 4) is 11.3 Å². The van der Waals surface area contributed by atoms with Crippen LogP contribution in [0.4, 0.5) is 5.95 Å². The molecule has 5 rings (SSSR count). The fourth-order valence-electron chi connectivity index (χ4n) is 5.12. The van der Waals surface area contributed by atoms with E-state index >= 15 is 0 Å². The second-order valence-corrected chi connectivity index (χ2v) is 8.88. The van der Waals surface area contributed by atoms with Crippen molar-refractivity contribution in [2.45, 2.75) is 51.7 Å². The Morgan fingerprint density at radius 1 is 1.06 bits per heavy atom. The monoisotopic (exact) mass is 432 g/mol. The van der Waals surface area contributed by atoms with E-state index in [9.17, 15) is 5.11 Å². The lowest BCUT2D eigenvalue weighted by molar-refractivity contribution is 0.226. The summed E-state index contributed by atoms with van der Waals surface area (Å²) >= 11 is 0. The number of aliphatic hydroxyl groups is 1. The molecule has 0 amide bonds. The van der Waals surface area contributed by atoms with Crippen LogP contribution < -0.4 is 4.90 Å². The molecule has 7 nitrogen and oxygen atoms in total. The third kappa shape index (κ3) is 4.14. The lowest BCUT2D eigenvalue weighted by Gasteiger charge is -2.27. The standard InChI is InChI=1S/C25H32N6O/c1-19-7-2-3-8-20(19)18-30-14-6-9-23(30)24-21(17-27-31(24)15-16-32)22-10-11-26-25(28-22)29-12-4-5-13-29/h2-3,7-8,10-11,17,23,32H,4-6,9,12-16,18H2,1H3. The highest BCUT2D eigenvalue weighted by molar-refractivity contribution is 5.63. The fraction of sp³-hybridized carbons (Fsp3) is 0.480. The van der Waals surface area contributed by atoms with Gasteiger partial charge in [-0.25, -0.2) is 9.97 Å². The quantitative estimate of drug-likeness (QED) is 0.615. The molecule has 2 aromatic heterocycles. The first-order chi connectivity index (χ1) is 15.7. The number of hydrogen-bond donors (Lipinski definition) is 1. The maximum atomic E-state index is 9.69. The number of hydrogen-bond acceptors (Lipinski definition) is 6.